The van der Waals surface area contributed by atoms with E-state index >= 15 is 0 Å². The zero-order chi connectivity index (χ0) is 14.8. The molecular formula is C16H26ClN3. The highest BCUT2D eigenvalue weighted by molar-refractivity contribution is 6.33. The second kappa shape index (κ2) is 6.31. The molecular weight excluding hydrogens is 270 g/mol. The SMILES string of the molecule is CC1CCCCN1c1ncc(CNC(C)(C)C)cc1Cl. The van der Waals surface area contributed by atoms with Gasteiger partial charge in [-0.3, -0.25) is 0 Å². The number of hydrogen-bond donors (Lipinski definition) is 1. The minimum absolute atomic E-state index is 0.104. The molecule has 1 N–H and O–H groups in total. The van der Waals surface area contributed by atoms with Crippen molar-refractivity contribution >= 4 is 17.4 Å². The van der Waals surface area contributed by atoms with Crippen LogP contribution in [0.3, 0.4) is 0 Å². The topological polar surface area (TPSA) is 28.2 Å². The monoisotopic (exact) mass is 295 g/mol. The van der Waals surface area contributed by atoms with E-state index in [0.29, 0.717) is 6.04 Å². The molecule has 0 aromatic carbocycles. The third-order valence-electron chi connectivity index (χ3n) is 3.78. The maximum absolute atomic E-state index is 6.45. The fourth-order valence-electron chi connectivity index (χ4n) is 2.56. The van der Waals surface area contributed by atoms with E-state index < -0.39 is 0 Å². The van der Waals surface area contributed by atoms with E-state index in [4.69, 9.17) is 11.6 Å². The summed E-state index contributed by atoms with van der Waals surface area (Å²) in [7, 11) is 0. The summed E-state index contributed by atoms with van der Waals surface area (Å²) < 4.78 is 0. The number of pyridine rings is 1. The Hall–Kier alpha value is -0.800. The maximum atomic E-state index is 6.45. The smallest absolute Gasteiger partial charge is 0.147 e. The first-order valence-corrected chi connectivity index (χ1v) is 7.91. The number of piperidine rings is 1. The Morgan fingerprint density at radius 3 is 2.75 bits per heavy atom. The first-order chi connectivity index (χ1) is 9.37. The van der Waals surface area contributed by atoms with Crippen molar-refractivity contribution in [3.8, 4) is 0 Å². The Bertz CT molecular complexity index is 454. The number of aromatic nitrogens is 1. The standard InChI is InChI=1S/C16H26ClN3/c1-12-7-5-6-8-20(12)15-14(17)9-13(10-18-15)11-19-16(2,3)4/h9-10,12,19H,5-8,11H2,1-4H3. The molecule has 0 bridgehead atoms. The van der Waals surface area contributed by atoms with Gasteiger partial charge in [0.25, 0.3) is 0 Å². The molecule has 2 heterocycles. The highest BCUT2D eigenvalue weighted by atomic mass is 35.5. The molecule has 3 nitrogen and oxygen atoms in total. The molecule has 2 rings (SSSR count). The average molecular weight is 296 g/mol. The number of nitrogens with zero attached hydrogens (tertiary/aromatic N) is 2. The number of hydrogen-bond acceptors (Lipinski definition) is 3. The zero-order valence-electron chi connectivity index (χ0n) is 13.0. The van der Waals surface area contributed by atoms with Gasteiger partial charge in [-0.1, -0.05) is 11.6 Å². The van der Waals surface area contributed by atoms with Crippen molar-refractivity contribution in [3.63, 3.8) is 0 Å². The van der Waals surface area contributed by atoms with Gasteiger partial charge in [0.05, 0.1) is 5.02 Å². The molecule has 1 aromatic rings. The molecule has 4 heteroatoms. The normalized spacial score (nSPS) is 20.2. The lowest BCUT2D eigenvalue weighted by atomic mass is 10.0. The lowest BCUT2D eigenvalue weighted by molar-refractivity contribution is 0.424. The van der Waals surface area contributed by atoms with Gasteiger partial charge >= 0.3 is 0 Å². The molecule has 1 aliphatic rings. The van der Waals surface area contributed by atoms with Gasteiger partial charge in [-0.15, -0.1) is 0 Å². The van der Waals surface area contributed by atoms with Crippen LogP contribution in [0.25, 0.3) is 0 Å². The first-order valence-electron chi connectivity index (χ1n) is 7.53. The Labute approximate surface area is 127 Å². The summed E-state index contributed by atoms with van der Waals surface area (Å²) in [5, 5.41) is 4.23. The van der Waals surface area contributed by atoms with Crippen molar-refractivity contribution in [1.82, 2.24) is 10.3 Å². The van der Waals surface area contributed by atoms with Crippen LogP contribution in [0.5, 0.6) is 0 Å². The molecule has 0 saturated carbocycles. The van der Waals surface area contributed by atoms with E-state index in [-0.39, 0.29) is 5.54 Å². The molecule has 1 aromatic heterocycles. The van der Waals surface area contributed by atoms with Crippen LogP contribution >= 0.6 is 11.6 Å². The summed E-state index contributed by atoms with van der Waals surface area (Å²) in [6.07, 6.45) is 5.71. The Balaban J connectivity index is 2.09. The molecule has 0 radical (unpaired) electrons. The van der Waals surface area contributed by atoms with E-state index in [1.54, 1.807) is 0 Å². The van der Waals surface area contributed by atoms with Crippen LogP contribution in [0.15, 0.2) is 12.3 Å². The van der Waals surface area contributed by atoms with Gasteiger partial charge in [-0.05, 0) is 58.6 Å². The van der Waals surface area contributed by atoms with Crippen molar-refractivity contribution in [2.45, 2.75) is 65.1 Å². The van der Waals surface area contributed by atoms with Crippen LogP contribution in [-0.2, 0) is 6.54 Å². The summed E-state index contributed by atoms with van der Waals surface area (Å²) in [6.45, 7) is 10.6. The van der Waals surface area contributed by atoms with Gasteiger partial charge in [0, 0.05) is 30.9 Å². The van der Waals surface area contributed by atoms with Crippen molar-refractivity contribution in [2.75, 3.05) is 11.4 Å². The fraction of sp³-hybridized carbons (Fsp3) is 0.688. The van der Waals surface area contributed by atoms with Gasteiger partial charge in [-0.2, -0.15) is 0 Å². The molecule has 0 spiro atoms. The Morgan fingerprint density at radius 1 is 1.40 bits per heavy atom. The van der Waals surface area contributed by atoms with Crippen LogP contribution in [0, 0.1) is 0 Å². The minimum Gasteiger partial charge on any atom is -0.353 e. The lowest BCUT2D eigenvalue weighted by Gasteiger charge is -2.35. The largest absolute Gasteiger partial charge is 0.353 e. The van der Waals surface area contributed by atoms with Gasteiger partial charge in [0.15, 0.2) is 0 Å². The van der Waals surface area contributed by atoms with Crippen molar-refractivity contribution in [3.05, 3.63) is 22.8 Å². The summed E-state index contributed by atoms with van der Waals surface area (Å²) in [5.41, 5.74) is 1.24. The zero-order valence-corrected chi connectivity index (χ0v) is 13.8. The average Bonchev–Trinajstić information content (AvgIpc) is 2.37. The molecule has 0 amide bonds. The molecule has 1 unspecified atom stereocenters. The van der Waals surface area contributed by atoms with E-state index in [2.05, 4.69) is 42.9 Å². The van der Waals surface area contributed by atoms with Gasteiger partial charge in [-0.25, -0.2) is 4.98 Å². The third-order valence-corrected chi connectivity index (χ3v) is 4.05. The van der Waals surface area contributed by atoms with E-state index in [1.165, 1.54) is 19.3 Å². The second-order valence-electron chi connectivity index (χ2n) is 6.79. The van der Waals surface area contributed by atoms with Crippen molar-refractivity contribution in [2.24, 2.45) is 0 Å². The van der Waals surface area contributed by atoms with Crippen LogP contribution in [-0.4, -0.2) is 23.1 Å². The lowest BCUT2D eigenvalue weighted by Crippen LogP contribution is -2.38. The summed E-state index contributed by atoms with van der Waals surface area (Å²) in [6, 6.07) is 2.58. The number of anilines is 1. The highest BCUT2D eigenvalue weighted by Gasteiger charge is 2.21. The summed E-state index contributed by atoms with van der Waals surface area (Å²) in [4.78, 5) is 6.95. The number of halogens is 1. The van der Waals surface area contributed by atoms with Gasteiger partial charge in [0.1, 0.15) is 5.82 Å². The van der Waals surface area contributed by atoms with Crippen molar-refractivity contribution in [1.29, 1.82) is 0 Å². The minimum atomic E-state index is 0.104. The van der Waals surface area contributed by atoms with Crippen LogP contribution in [0.1, 0.15) is 52.5 Å². The molecule has 20 heavy (non-hydrogen) atoms. The third kappa shape index (κ3) is 4.10. The first kappa shape index (κ1) is 15.6. The quantitative estimate of drug-likeness (QED) is 0.913. The fourth-order valence-corrected chi connectivity index (χ4v) is 2.86. The van der Waals surface area contributed by atoms with Crippen LogP contribution in [0.2, 0.25) is 5.02 Å². The maximum Gasteiger partial charge on any atom is 0.147 e. The molecule has 1 aliphatic heterocycles. The van der Waals surface area contributed by atoms with Crippen LogP contribution in [0.4, 0.5) is 5.82 Å². The van der Waals surface area contributed by atoms with E-state index in [0.717, 1.165) is 29.5 Å². The van der Waals surface area contributed by atoms with Crippen molar-refractivity contribution < 1.29 is 0 Å². The van der Waals surface area contributed by atoms with E-state index in [9.17, 15) is 0 Å². The van der Waals surface area contributed by atoms with E-state index in [1.807, 2.05) is 12.3 Å². The van der Waals surface area contributed by atoms with Gasteiger partial charge < -0.3 is 10.2 Å². The predicted molar refractivity (Wildman–Crippen MR) is 86.5 cm³/mol. The summed E-state index contributed by atoms with van der Waals surface area (Å²) >= 11 is 6.45. The predicted octanol–water partition coefficient (Wildman–Crippen LogP) is 4.00. The number of nitrogens with one attached hydrogen (secondary N) is 1. The Morgan fingerprint density at radius 2 is 2.15 bits per heavy atom. The molecule has 112 valence electrons. The molecule has 1 saturated heterocycles. The second-order valence-corrected chi connectivity index (χ2v) is 7.20. The Kier molecular flexibility index (Phi) is 4.92. The molecule has 1 fully saturated rings. The highest BCUT2D eigenvalue weighted by Crippen LogP contribution is 2.29. The van der Waals surface area contributed by atoms with Gasteiger partial charge in [0.2, 0.25) is 0 Å². The van der Waals surface area contributed by atoms with Crippen LogP contribution < -0.4 is 10.2 Å². The molecule has 0 aliphatic carbocycles. The summed E-state index contributed by atoms with van der Waals surface area (Å²) in [5.74, 6) is 0.943. The number of rotatable bonds is 3. The molecule has 1 atom stereocenters.